The van der Waals surface area contributed by atoms with Gasteiger partial charge in [0.15, 0.2) is 17.8 Å². The van der Waals surface area contributed by atoms with E-state index in [2.05, 4.69) is 0 Å². The Balaban J connectivity index is 0.00000385. The first-order valence-corrected chi connectivity index (χ1v) is 9.93. The summed E-state index contributed by atoms with van der Waals surface area (Å²) in [6.45, 7) is 0.00251. The molecule has 4 bridgehead atoms. The van der Waals surface area contributed by atoms with Crippen LogP contribution in [0.4, 0.5) is 0 Å². The summed E-state index contributed by atoms with van der Waals surface area (Å²) in [7, 11) is 0. The second-order valence-electron chi connectivity index (χ2n) is 6.61. The molecule has 4 aliphatic heterocycles. The number of esters is 1. The van der Waals surface area contributed by atoms with E-state index in [1.807, 2.05) is 0 Å². The predicted octanol–water partition coefficient (Wildman–Crippen LogP) is 2.11. The largest absolute Gasteiger partial charge is 0.462 e. The molecule has 170 valence electrons. The average Bonchev–Trinajstić information content (AvgIpc) is 2.79. The lowest BCUT2D eigenvalue weighted by molar-refractivity contribution is -0.159. The van der Waals surface area contributed by atoms with Crippen molar-refractivity contribution in [2.24, 2.45) is 0 Å². The highest BCUT2D eigenvalue weighted by atomic mass is 16.5. The van der Waals surface area contributed by atoms with Gasteiger partial charge in [-0.1, -0.05) is 66.8 Å². The van der Waals surface area contributed by atoms with Crippen molar-refractivity contribution in [2.45, 2.75) is 12.6 Å². The third-order valence-corrected chi connectivity index (χ3v) is 4.33. The van der Waals surface area contributed by atoms with Crippen LogP contribution in [0, 0.1) is 0 Å². The van der Waals surface area contributed by atoms with E-state index in [9.17, 15) is 19.2 Å². The molecule has 0 aliphatic carbocycles. The fraction of sp³-hybridized carbons (Fsp3) is 0.120. The second-order valence-corrected chi connectivity index (χ2v) is 6.61. The van der Waals surface area contributed by atoms with Gasteiger partial charge in [-0.05, 0) is 36.8 Å². The molecule has 1 fully saturated rings. The second kappa shape index (κ2) is 12.5. The number of hydrogen-bond acceptors (Lipinski definition) is 6. The smallest absolute Gasteiger partial charge is 0.355 e. The van der Waals surface area contributed by atoms with Crippen molar-refractivity contribution in [1.82, 2.24) is 4.90 Å². The maximum atomic E-state index is 12.6. The van der Waals surface area contributed by atoms with Crippen molar-refractivity contribution in [3.8, 4) is 0 Å². The lowest BCUT2D eigenvalue weighted by atomic mass is 10.1. The molecule has 8 nitrogen and oxygen atoms in total. The molecule has 4 aliphatic rings. The number of Topliss-reactive ketones (excluding diaryl/α,β-unsaturated/α-hetero) is 1. The molecule has 1 atom stereocenters. The van der Waals surface area contributed by atoms with Gasteiger partial charge in [0, 0.05) is 0 Å². The zero-order chi connectivity index (χ0) is 22.8. The van der Waals surface area contributed by atoms with Crippen molar-refractivity contribution in [3.05, 3.63) is 109 Å². The van der Waals surface area contributed by atoms with Crippen molar-refractivity contribution < 1.29 is 34.1 Å². The highest BCUT2D eigenvalue weighted by Gasteiger charge is 2.42. The molecule has 0 aromatic heterocycles. The Morgan fingerprint density at radius 2 is 1.45 bits per heavy atom. The van der Waals surface area contributed by atoms with Crippen LogP contribution in [0.1, 0.15) is 6.42 Å². The number of allylic oxidation sites excluding steroid dienone is 14. The van der Waals surface area contributed by atoms with E-state index in [-0.39, 0.29) is 29.3 Å². The molecule has 4 heterocycles. The van der Waals surface area contributed by atoms with Crippen LogP contribution in [0.3, 0.4) is 0 Å². The lowest BCUT2D eigenvalue weighted by Crippen LogP contribution is -2.51. The van der Waals surface area contributed by atoms with Gasteiger partial charge in [0.05, 0.1) is 6.61 Å². The first-order chi connectivity index (χ1) is 15.6. The Kier molecular flexibility index (Phi) is 9.48. The monoisotopic (exact) mass is 449 g/mol. The van der Waals surface area contributed by atoms with E-state index >= 15 is 0 Å². The molecular weight excluding hydrogens is 426 g/mol. The summed E-state index contributed by atoms with van der Waals surface area (Å²) in [6, 6.07) is 0. The maximum Gasteiger partial charge on any atom is 0.355 e. The van der Waals surface area contributed by atoms with E-state index in [0.29, 0.717) is 6.42 Å². The first-order valence-electron chi connectivity index (χ1n) is 9.93. The average molecular weight is 449 g/mol. The summed E-state index contributed by atoms with van der Waals surface area (Å²) in [5.41, 5.74) is -0.0895. The number of amides is 1. The molecule has 0 aromatic carbocycles. The SMILES string of the molecule is O.O=C1C=CC=CC=CC=CC=CC=C2OC3C=CC=C(C(=O)OCCC=C1)N3C(=O)C2=O. The van der Waals surface area contributed by atoms with Crippen LogP contribution in [-0.4, -0.2) is 46.7 Å². The van der Waals surface area contributed by atoms with Gasteiger partial charge in [-0.25, -0.2) is 4.79 Å². The van der Waals surface area contributed by atoms with Crippen LogP contribution in [0.25, 0.3) is 0 Å². The van der Waals surface area contributed by atoms with Crippen LogP contribution < -0.4 is 0 Å². The number of ether oxygens (including phenoxy) is 2. The van der Waals surface area contributed by atoms with Crippen LogP contribution in [0.2, 0.25) is 0 Å². The molecule has 0 radical (unpaired) electrons. The molecule has 4 rings (SSSR count). The highest BCUT2D eigenvalue weighted by Crippen LogP contribution is 2.26. The summed E-state index contributed by atoms with van der Waals surface area (Å²) in [5.74, 6) is -2.82. The summed E-state index contributed by atoms with van der Waals surface area (Å²) >= 11 is 0. The van der Waals surface area contributed by atoms with Gasteiger partial charge in [0.2, 0.25) is 0 Å². The van der Waals surface area contributed by atoms with Crippen molar-refractivity contribution in [2.75, 3.05) is 6.61 Å². The van der Waals surface area contributed by atoms with Gasteiger partial charge in [0.1, 0.15) is 5.70 Å². The van der Waals surface area contributed by atoms with Crippen LogP contribution in [0.15, 0.2) is 109 Å². The van der Waals surface area contributed by atoms with Crippen molar-refractivity contribution in [3.63, 3.8) is 0 Å². The van der Waals surface area contributed by atoms with E-state index in [4.69, 9.17) is 9.47 Å². The molecule has 0 saturated carbocycles. The standard InChI is InChI=1S/C25H21NO6.H2O/c27-19-13-8-6-4-2-1-3-5-7-9-16-21-23(28)24(29)26-20(15-12-17-22(26)32-21)25(30)31-18-11-10-14-19;/h1-10,12-17,22H,11,18H2;1H2. The minimum atomic E-state index is -0.927. The molecule has 2 N–H and O–H groups in total. The summed E-state index contributed by atoms with van der Waals surface area (Å²) in [5, 5.41) is 0. The molecule has 8 heteroatoms. The molecule has 1 saturated heterocycles. The zero-order valence-corrected chi connectivity index (χ0v) is 17.6. The number of hydrogen-bond donors (Lipinski definition) is 0. The molecular formula is C25H23NO7. The van der Waals surface area contributed by atoms with Gasteiger partial charge < -0.3 is 14.9 Å². The van der Waals surface area contributed by atoms with Gasteiger partial charge >= 0.3 is 11.9 Å². The van der Waals surface area contributed by atoms with Gasteiger partial charge in [-0.2, -0.15) is 0 Å². The number of rotatable bonds is 0. The lowest BCUT2D eigenvalue weighted by Gasteiger charge is -2.36. The molecule has 1 amide bonds. The van der Waals surface area contributed by atoms with Crippen molar-refractivity contribution in [1.29, 1.82) is 0 Å². The Labute approximate surface area is 190 Å². The van der Waals surface area contributed by atoms with E-state index in [0.717, 1.165) is 4.90 Å². The van der Waals surface area contributed by atoms with Gasteiger partial charge in [0.25, 0.3) is 5.78 Å². The Morgan fingerprint density at radius 3 is 2.18 bits per heavy atom. The zero-order valence-electron chi connectivity index (χ0n) is 17.6. The number of nitrogens with zero attached hydrogens (tertiary/aromatic N) is 1. The van der Waals surface area contributed by atoms with Crippen LogP contribution >= 0.6 is 0 Å². The summed E-state index contributed by atoms with van der Waals surface area (Å²) in [4.78, 5) is 50.3. The van der Waals surface area contributed by atoms with E-state index in [1.54, 1.807) is 72.9 Å². The summed E-state index contributed by atoms with van der Waals surface area (Å²) in [6.07, 6.45) is 25.1. The normalized spacial score (nSPS) is 21.3. The maximum absolute atomic E-state index is 12.6. The van der Waals surface area contributed by atoms with Gasteiger partial charge in [-0.15, -0.1) is 0 Å². The van der Waals surface area contributed by atoms with Crippen LogP contribution in [0.5, 0.6) is 0 Å². The summed E-state index contributed by atoms with van der Waals surface area (Å²) < 4.78 is 10.8. The molecule has 0 spiro atoms. The number of carbonyl (C=O) groups excluding carboxylic acids is 4. The number of fused-ring (bicyclic) bond motifs is 12. The highest BCUT2D eigenvalue weighted by molar-refractivity contribution is 6.43. The minimum absolute atomic E-state index is 0. The van der Waals surface area contributed by atoms with Crippen molar-refractivity contribution >= 4 is 23.4 Å². The molecule has 33 heavy (non-hydrogen) atoms. The Hall–Kier alpha value is -4.30. The fourth-order valence-electron chi connectivity index (χ4n) is 2.83. The Bertz CT molecular complexity index is 1060. The quantitative estimate of drug-likeness (QED) is 0.412. The van der Waals surface area contributed by atoms with E-state index in [1.165, 1.54) is 24.3 Å². The number of ketones is 2. The molecule has 0 aromatic rings. The fourth-order valence-corrected chi connectivity index (χ4v) is 2.83. The molecule has 1 unspecified atom stereocenters. The van der Waals surface area contributed by atoms with E-state index < -0.39 is 23.9 Å². The topological polar surface area (TPSA) is 121 Å². The van der Waals surface area contributed by atoms with Gasteiger partial charge in [-0.3, -0.25) is 19.3 Å². The van der Waals surface area contributed by atoms with Crippen LogP contribution in [-0.2, 0) is 28.7 Å². The predicted molar refractivity (Wildman–Crippen MR) is 121 cm³/mol. The third kappa shape index (κ3) is 6.84. The minimum Gasteiger partial charge on any atom is -0.462 e. The first kappa shape index (κ1) is 25.0. The third-order valence-electron chi connectivity index (χ3n) is 4.33. The Morgan fingerprint density at radius 1 is 0.788 bits per heavy atom. The number of carbonyl (C=O) groups is 4.